The van der Waals surface area contributed by atoms with Gasteiger partial charge in [-0.2, -0.15) is 5.10 Å². The molecule has 1 aromatic heterocycles. The Labute approximate surface area is 52.3 Å². The molecule has 0 amide bonds. The van der Waals surface area contributed by atoms with Gasteiger partial charge in [0.15, 0.2) is 6.29 Å². The molecule has 0 aliphatic heterocycles. The Morgan fingerprint density at radius 3 is 2.78 bits per heavy atom. The molecule has 48 valence electrons. The van der Waals surface area contributed by atoms with Crippen molar-refractivity contribution in [3.63, 3.8) is 0 Å². The molecule has 2 N–H and O–H groups in total. The van der Waals surface area contributed by atoms with Gasteiger partial charge in [-0.1, -0.05) is 0 Å². The Morgan fingerprint density at radius 1 is 1.89 bits per heavy atom. The second-order valence-electron chi connectivity index (χ2n) is 1.73. The number of aryl methyl sites for hydroxylation is 1. The van der Waals surface area contributed by atoms with E-state index >= 15 is 0 Å². The molecule has 0 atom stereocenters. The minimum Gasteiger partial charge on any atom is -0.396 e. The lowest BCUT2D eigenvalue weighted by atomic mass is 10.4. The van der Waals surface area contributed by atoms with Crippen LogP contribution in [0, 0.1) is 0 Å². The van der Waals surface area contributed by atoms with Crippen molar-refractivity contribution in [1.29, 1.82) is 0 Å². The van der Waals surface area contributed by atoms with Crippen LogP contribution in [-0.2, 0) is 7.05 Å². The third-order valence-electron chi connectivity index (χ3n) is 1.13. The lowest BCUT2D eigenvalue weighted by Gasteiger charge is -1.89. The highest BCUT2D eigenvalue weighted by molar-refractivity contribution is 5.80. The highest BCUT2D eigenvalue weighted by atomic mass is 16.1. The van der Waals surface area contributed by atoms with Gasteiger partial charge in [0.25, 0.3) is 0 Å². The number of carbonyl (C=O) groups excluding carboxylic acids is 1. The van der Waals surface area contributed by atoms with E-state index in [4.69, 9.17) is 5.73 Å². The zero-order valence-electron chi connectivity index (χ0n) is 5.03. The van der Waals surface area contributed by atoms with Crippen molar-refractivity contribution >= 4 is 12.0 Å². The minimum atomic E-state index is 0.424. The van der Waals surface area contributed by atoms with Crippen LogP contribution in [0.2, 0.25) is 0 Å². The summed E-state index contributed by atoms with van der Waals surface area (Å²) in [5, 5.41) is 3.75. The number of nitrogen functional groups attached to an aromatic ring is 1. The summed E-state index contributed by atoms with van der Waals surface area (Å²) in [5.41, 5.74) is 6.19. The first kappa shape index (κ1) is 5.81. The summed E-state index contributed by atoms with van der Waals surface area (Å²) in [6.07, 6.45) is 2.13. The first-order chi connectivity index (χ1) is 4.25. The Morgan fingerprint density at radius 2 is 2.56 bits per heavy atom. The van der Waals surface area contributed by atoms with Gasteiger partial charge >= 0.3 is 0 Å². The van der Waals surface area contributed by atoms with E-state index in [-0.39, 0.29) is 0 Å². The molecule has 1 heterocycles. The number of nitrogens with zero attached hydrogens (tertiary/aromatic N) is 2. The van der Waals surface area contributed by atoms with Gasteiger partial charge in [-0.25, -0.2) is 0 Å². The molecule has 4 heteroatoms. The van der Waals surface area contributed by atoms with Crippen molar-refractivity contribution in [2.75, 3.05) is 5.73 Å². The normalized spacial score (nSPS) is 9.44. The van der Waals surface area contributed by atoms with Crippen LogP contribution in [0.1, 0.15) is 10.5 Å². The monoisotopic (exact) mass is 125 g/mol. The molecule has 9 heavy (non-hydrogen) atoms. The molecule has 0 radical (unpaired) electrons. The van der Waals surface area contributed by atoms with Crippen molar-refractivity contribution in [3.8, 4) is 0 Å². The molecule has 1 aromatic rings. The fraction of sp³-hybridized carbons (Fsp3) is 0.200. The molecule has 0 saturated heterocycles. The standard InChI is InChI=1S/C5H7N3O/c1-8-5(3-9)4(6)2-7-8/h2-3H,6H2,1H3. The number of aldehydes is 1. The zero-order valence-corrected chi connectivity index (χ0v) is 5.03. The van der Waals surface area contributed by atoms with E-state index < -0.39 is 0 Å². The Bertz CT molecular complexity index is 209. The molecule has 0 aliphatic rings. The van der Waals surface area contributed by atoms with Crippen LogP contribution in [0.15, 0.2) is 6.20 Å². The van der Waals surface area contributed by atoms with Gasteiger partial charge in [0.1, 0.15) is 5.69 Å². The molecule has 0 spiro atoms. The molecule has 0 unspecified atom stereocenters. The maximum Gasteiger partial charge on any atom is 0.170 e. The number of rotatable bonds is 1. The van der Waals surface area contributed by atoms with Crippen LogP contribution in [0.25, 0.3) is 0 Å². The Hall–Kier alpha value is -1.32. The number of carbonyl (C=O) groups is 1. The van der Waals surface area contributed by atoms with Crippen LogP contribution in [0.5, 0.6) is 0 Å². The van der Waals surface area contributed by atoms with Crippen LogP contribution in [0.4, 0.5) is 5.69 Å². The summed E-state index contributed by atoms with van der Waals surface area (Å²) < 4.78 is 1.43. The maximum atomic E-state index is 10.2. The average molecular weight is 125 g/mol. The number of hydrogen-bond donors (Lipinski definition) is 1. The minimum absolute atomic E-state index is 0.424. The van der Waals surface area contributed by atoms with Crippen LogP contribution < -0.4 is 5.73 Å². The van der Waals surface area contributed by atoms with Gasteiger partial charge < -0.3 is 5.73 Å². The third kappa shape index (κ3) is 0.782. The van der Waals surface area contributed by atoms with Gasteiger partial charge in [-0.3, -0.25) is 9.48 Å². The fourth-order valence-electron chi connectivity index (χ4n) is 0.608. The van der Waals surface area contributed by atoms with E-state index in [0.29, 0.717) is 17.7 Å². The number of hydrogen-bond acceptors (Lipinski definition) is 3. The van der Waals surface area contributed by atoms with Crippen molar-refractivity contribution in [2.45, 2.75) is 0 Å². The van der Waals surface area contributed by atoms with Gasteiger partial charge in [-0.15, -0.1) is 0 Å². The average Bonchev–Trinajstić information content (AvgIpc) is 2.12. The molecule has 0 aliphatic carbocycles. The largest absolute Gasteiger partial charge is 0.396 e. The lowest BCUT2D eigenvalue weighted by molar-refractivity contribution is 0.111. The van der Waals surface area contributed by atoms with Gasteiger partial charge in [0, 0.05) is 7.05 Å². The quantitative estimate of drug-likeness (QED) is 0.529. The first-order valence-corrected chi connectivity index (χ1v) is 2.48. The second-order valence-corrected chi connectivity index (χ2v) is 1.73. The highest BCUT2D eigenvalue weighted by Crippen LogP contribution is 2.04. The predicted molar refractivity (Wildman–Crippen MR) is 33.0 cm³/mol. The van der Waals surface area contributed by atoms with Crippen molar-refractivity contribution in [1.82, 2.24) is 9.78 Å². The van der Waals surface area contributed by atoms with Gasteiger partial charge in [-0.05, 0) is 0 Å². The smallest absolute Gasteiger partial charge is 0.170 e. The van der Waals surface area contributed by atoms with Crippen molar-refractivity contribution in [2.24, 2.45) is 7.05 Å². The van der Waals surface area contributed by atoms with E-state index in [1.165, 1.54) is 10.9 Å². The molecule has 0 fully saturated rings. The topological polar surface area (TPSA) is 60.9 Å². The summed E-state index contributed by atoms with van der Waals surface area (Å²) in [6, 6.07) is 0. The van der Waals surface area contributed by atoms with E-state index in [2.05, 4.69) is 5.10 Å². The summed E-state index contributed by atoms with van der Waals surface area (Å²) >= 11 is 0. The molecule has 0 aromatic carbocycles. The molecule has 4 nitrogen and oxygen atoms in total. The first-order valence-electron chi connectivity index (χ1n) is 2.48. The van der Waals surface area contributed by atoms with Crippen LogP contribution >= 0.6 is 0 Å². The molecule has 0 saturated carbocycles. The van der Waals surface area contributed by atoms with Crippen LogP contribution in [0.3, 0.4) is 0 Å². The second kappa shape index (κ2) is 1.89. The molecule has 1 rings (SSSR count). The Balaban J connectivity index is 3.22. The highest BCUT2D eigenvalue weighted by Gasteiger charge is 2.00. The third-order valence-corrected chi connectivity index (χ3v) is 1.13. The maximum absolute atomic E-state index is 10.2. The fourth-order valence-corrected chi connectivity index (χ4v) is 0.608. The van der Waals surface area contributed by atoms with E-state index in [1.807, 2.05) is 0 Å². The Kier molecular flexibility index (Phi) is 1.22. The molecular weight excluding hydrogens is 118 g/mol. The van der Waals surface area contributed by atoms with Crippen molar-refractivity contribution < 1.29 is 4.79 Å². The number of anilines is 1. The number of aromatic nitrogens is 2. The summed E-state index contributed by atoms with van der Waals surface area (Å²) in [7, 11) is 1.67. The predicted octanol–water partition coefficient (Wildman–Crippen LogP) is -0.185. The molecular formula is C5H7N3O. The van der Waals surface area contributed by atoms with E-state index in [9.17, 15) is 4.79 Å². The summed E-state index contributed by atoms with van der Waals surface area (Å²) in [4.78, 5) is 10.2. The van der Waals surface area contributed by atoms with Gasteiger partial charge in [0.05, 0.1) is 11.9 Å². The lowest BCUT2D eigenvalue weighted by Crippen LogP contribution is -1.98. The zero-order chi connectivity index (χ0) is 6.85. The summed E-state index contributed by atoms with van der Waals surface area (Å²) in [5.74, 6) is 0. The summed E-state index contributed by atoms with van der Waals surface area (Å²) in [6.45, 7) is 0. The van der Waals surface area contributed by atoms with Crippen LogP contribution in [-0.4, -0.2) is 16.1 Å². The van der Waals surface area contributed by atoms with E-state index in [0.717, 1.165) is 0 Å². The van der Waals surface area contributed by atoms with E-state index in [1.54, 1.807) is 7.05 Å². The number of nitrogens with two attached hydrogens (primary N) is 1. The molecule has 0 bridgehead atoms. The van der Waals surface area contributed by atoms with Crippen molar-refractivity contribution in [3.05, 3.63) is 11.9 Å². The SMILES string of the molecule is Cn1ncc(N)c1C=O. The van der Waals surface area contributed by atoms with Gasteiger partial charge in [0.2, 0.25) is 0 Å².